The Morgan fingerprint density at radius 2 is 2.12 bits per heavy atom. The Kier molecular flexibility index (Phi) is 7.35. The second-order valence-electron chi connectivity index (χ2n) is 4.22. The molecule has 94 valence electrons. The smallest absolute Gasteiger partial charge is 0.0671 e. The van der Waals surface area contributed by atoms with Crippen LogP contribution in [-0.4, -0.2) is 25.8 Å². The Balaban J connectivity index is 2.02. The van der Waals surface area contributed by atoms with Gasteiger partial charge in [0.25, 0.3) is 0 Å². The Bertz CT molecular complexity index is 297. The van der Waals surface area contributed by atoms with Gasteiger partial charge in [-0.25, -0.2) is 0 Å². The summed E-state index contributed by atoms with van der Waals surface area (Å²) in [6.07, 6.45) is 4.30. The van der Waals surface area contributed by atoms with E-state index in [2.05, 4.69) is 43.1 Å². The lowest BCUT2D eigenvalue weighted by molar-refractivity contribution is 0.0651. The predicted octanol–water partition coefficient (Wildman–Crippen LogP) is 2.80. The van der Waals surface area contributed by atoms with Crippen LogP contribution in [0.3, 0.4) is 0 Å². The van der Waals surface area contributed by atoms with Crippen molar-refractivity contribution in [3.63, 3.8) is 0 Å². The molecule has 0 aliphatic rings. The minimum Gasteiger partial charge on any atom is -0.377 e. The largest absolute Gasteiger partial charge is 0.377 e. The van der Waals surface area contributed by atoms with E-state index < -0.39 is 0 Å². The van der Waals surface area contributed by atoms with Crippen LogP contribution in [-0.2, 0) is 11.2 Å². The Labute approximate surface area is 105 Å². The van der Waals surface area contributed by atoms with Gasteiger partial charge in [-0.3, -0.25) is 0 Å². The van der Waals surface area contributed by atoms with Gasteiger partial charge in [-0.15, -0.1) is 6.58 Å². The van der Waals surface area contributed by atoms with Crippen molar-refractivity contribution < 1.29 is 4.74 Å². The van der Waals surface area contributed by atoms with Gasteiger partial charge >= 0.3 is 0 Å². The summed E-state index contributed by atoms with van der Waals surface area (Å²) in [6.45, 7) is 8.32. The first-order valence-corrected chi connectivity index (χ1v) is 6.30. The van der Waals surface area contributed by atoms with Gasteiger partial charge in [0, 0.05) is 19.7 Å². The maximum atomic E-state index is 5.71. The molecule has 0 bridgehead atoms. The molecule has 0 saturated heterocycles. The third-order valence-electron chi connectivity index (χ3n) is 2.58. The fraction of sp³-hybridized carbons (Fsp3) is 0.467. The molecule has 0 aromatic heterocycles. The monoisotopic (exact) mass is 233 g/mol. The zero-order valence-corrected chi connectivity index (χ0v) is 10.7. The van der Waals surface area contributed by atoms with E-state index in [1.165, 1.54) is 5.56 Å². The molecule has 0 heterocycles. The molecule has 0 spiro atoms. The van der Waals surface area contributed by atoms with E-state index in [9.17, 15) is 0 Å². The standard InChI is InChI=1S/C15H23NO/c1-3-11-16-13-14(2)17-12-7-10-15-8-5-4-6-9-15/h3-6,8-9,14,16H,1,7,10-13H2,2H3. The summed E-state index contributed by atoms with van der Waals surface area (Å²) in [6, 6.07) is 10.5. The van der Waals surface area contributed by atoms with Gasteiger partial charge in [-0.05, 0) is 25.3 Å². The molecule has 1 unspecified atom stereocenters. The van der Waals surface area contributed by atoms with Crippen LogP contribution >= 0.6 is 0 Å². The second-order valence-corrected chi connectivity index (χ2v) is 4.22. The normalized spacial score (nSPS) is 12.3. The number of benzene rings is 1. The van der Waals surface area contributed by atoms with Crippen LogP contribution in [0.1, 0.15) is 18.9 Å². The molecular weight excluding hydrogens is 210 g/mol. The van der Waals surface area contributed by atoms with Crippen molar-refractivity contribution in [1.29, 1.82) is 0 Å². The maximum absolute atomic E-state index is 5.71. The quantitative estimate of drug-likeness (QED) is 0.523. The van der Waals surface area contributed by atoms with Gasteiger partial charge in [-0.2, -0.15) is 0 Å². The maximum Gasteiger partial charge on any atom is 0.0671 e. The first-order chi connectivity index (χ1) is 8.33. The van der Waals surface area contributed by atoms with E-state index in [0.29, 0.717) is 0 Å². The molecule has 0 fully saturated rings. The van der Waals surface area contributed by atoms with Crippen LogP contribution in [0.4, 0.5) is 0 Å². The molecule has 2 nitrogen and oxygen atoms in total. The highest BCUT2D eigenvalue weighted by atomic mass is 16.5. The lowest BCUT2D eigenvalue weighted by Gasteiger charge is -2.13. The number of nitrogens with one attached hydrogen (secondary N) is 1. The van der Waals surface area contributed by atoms with Gasteiger partial charge in [-0.1, -0.05) is 36.4 Å². The van der Waals surface area contributed by atoms with E-state index in [0.717, 1.165) is 32.5 Å². The molecule has 1 atom stereocenters. The zero-order chi connectivity index (χ0) is 12.3. The summed E-state index contributed by atoms with van der Waals surface area (Å²) in [5, 5.41) is 3.25. The van der Waals surface area contributed by atoms with Crippen molar-refractivity contribution in [3.8, 4) is 0 Å². The van der Waals surface area contributed by atoms with Crippen molar-refractivity contribution in [1.82, 2.24) is 5.32 Å². The molecule has 1 rings (SSSR count). The number of hydrogen-bond donors (Lipinski definition) is 1. The fourth-order valence-electron chi connectivity index (χ4n) is 1.65. The van der Waals surface area contributed by atoms with Crippen LogP contribution in [0, 0.1) is 0 Å². The molecule has 0 aliphatic carbocycles. The highest BCUT2D eigenvalue weighted by molar-refractivity contribution is 5.14. The van der Waals surface area contributed by atoms with Crippen molar-refractivity contribution in [2.45, 2.75) is 25.9 Å². The minimum atomic E-state index is 0.269. The van der Waals surface area contributed by atoms with E-state index >= 15 is 0 Å². The molecule has 2 heteroatoms. The number of ether oxygens (including phenoxy) is 1. The summed E-state index contributed by atoms with van der Waals surface area (Å²) in [4.78, 5) is 0. The summed E-state index contributed by atoms with van der Waals surface area (Å²) in [7, 11) is 0. The Hall–Kier alpha value is -1.12. The van der Waals surface area contributed by atoms with E-state index in [4.69, 9.17) is 4.74 Å². The fourth-order valence-corrected chi connectivity index (χ4v) is 1.65. The van der Waals surface area contributed by atoms with Gasteiger partial charge in [0.15, 0.2) is 0 Å². The molecular formula is C15H23NO. The van der Waals surface area contributed by atoms with E-state index in [1.807, 2.05) is 12.1 Å². The van der Waals surface area contributed by atoms with Crippen LogP contribution in [0.15, 0.2) is 43.0 Å². The average molecular weight is 233 g/mol. The lowest BCUT2D eigenvalue weighted by atomic mass is 10.1. The van der Waals surface area contributed by atoms with Crippen LogP contribution in [0.5, 0.6) is 0 Å². The summed E-state index contributed by atoms with van der Waals surface area (Å²) in [5.74, 6) is 0. The second kappa shape index (κ2) is 8.97. The first-order valence-electron chi connectivity index (χ1n) is 6.30. The van der Waals surface area contributed by atoms with Gasteiger partial charge in [0.05, 0.1) is 6.10 Å². The van der Waals surface area contributed by atoms with Gasteiger partial charge in [0.1, 0.15) is 0 Å². The predicted molar refractivity (Wildman–Crippen MR) is 73.2 cm³/mol. The van der Waals surface area contributed by atoms with Crippen molar-refractivity contribution >= 4 is 0 Å². The summed E-state index contributed by atoms with van der Waals surface area (Å²) >= 11 is 0. The number of aryl methyl sites for hydroxylation is 1. The van der Waals surface area contributed by atoms with Crippen LogP contribution in [0.25, 0.3) is 0 Å². The molecule has 1 aromatic rings. The van der Waals surface area contributed by atoms with Crippen molar-refractivity contribution in [2.24, 2.45) is 0 Å². The number of hydrogen-bond acceptors (Lipinski definition) is 2. The Morgan fingerprint density at radius 1 is 1.35 bits per heavy atom. The minimum absolute atomic E-state index is 0.269. The molecule has 0 saturated carbocycles. The van der Waals surface area contributed by atoms with Gasteiger partial charge in [0.2, 0.25) is 0 Å². The molecule has 0 aliphatic heterocycles. The third-order valence-corrected chi connectivity index (χ3v) is 2.58. The lowest BCUT2D eigenvalue weighted by Crippen LogP contribution is -2.27. The van der Waals surface area contributed by atoms with Crippen molar-refractivity contribution in [3.05, 3.63) is 48.6 Å². The third kappa shape index (κ3) is 6.93. The average Bonchev–Trinajstić information content (AvgIpc) is 2.36. The number of rotatable bonds is 9. The molecule has 1 aromatic carbocycles. The molecule has 0 amide bonds. The zero-order valence-electron chi connectivity index (χ0n) is 10.7. The van der Waals surface area contributed by atoms with Crippen LogP contribution < -0.4 is 5.32 Å². The van der Waals surface area contributed by atoms with Crippen molar-refractivity contribution in [2.75, 3.05) is 19.7 Å². The SMILES string of the molecule is C=CCNCC(C)OCCCc1ccccc1. The topological polar surface area (TPSA) is 21.3 Å². The highest BCUT2D eigenvalue weighted by Gasteiger charge is 2.00. The van der Waals surface area contributed by atoms with E-state index in [1.54, 1.807) is 0 Å². The van der Waals surface area contributed by atoms with Crippen LogP contribution in [0.2, 0.25) is 0 Å². The first kappa shape index (κ1) is 13.9. The molecule has 0 radical (unpaired) electrons. The van der Waals surface area contributed by atoms with E-state index in [-0.39, 0.29) is 6.10 Å². The van der Waals surface area contributed by atoms with Gasteiger partial charge < -0.3 is 10.1 Å². The highest BCUT2D eigenvalue weighted by Crippen LogP contribution is 2.03. The summed E-state index contributed by atoms with van der Waals surface area (Å²) < 4.78 is 5.71. The summed E-state index contributed by atoms with van der Waals surface area (Å²) in [5.41, 5.74) is 1.38. The Morgan fingerprint density at radius 3 is 2.82 bits per heavy atom. The molecule has 1 N–H and O–H groups in total. The molecule has 17 heavy (non-hydrogen) atoms.